The lowest BCUT2D eigenvalue weighted by Gasteiger charge is -2.14. The Morgan fingerprint density at radius 1 is 0.727 bits per heavy atom. The number of hydrogen-bond donors (Lipinski definition) is 3. The molecule has 0 aliphatic carbocycles. The summed E-state index contributed by atoms with van der Waals surface area (Å²) in [6.07, 6.45) is 1.49. The molecular formula is C35H27Cl2N3O3S. The van der Waals surface area contributed by atoms with Gasteiger partial charge in [0.1, 0.15) is 5.70 Å². The van der Waals surface area contributed by atoms with Crippen molar-refractivity contribution in [1.82, 2.24) is 5.32 Å². The van der Waals surface area contributed by atoms with Crippen LogP contribution in [-0.2, 0) is 9.59 Å². The van der Waals surface area contributed by atoms with Crippen LogP contribution >= 0.6 is 35.0 Å². The highest BCUT2D eigenvalue weighted by Gasteiger charge is 2.17. The van der Waals surface area contributed by atoms with Gasteiger partial charge in [0, 0.05) is 31.9 Å². The first-order valence-corrected chi connectivity index (χ1v) is 15.3. The monoisotopic (exact) mass is 639 g/mol. The number of rotatable bonds is 9. The summed E-state index contributed by atoms with van der Waals surface area (Å²) in [5.74, 6) is -1.10. The van der Waals surface area contributed by atoms with Crippen molar-refractivity contribution < 1.29 is 14.4 Å². The maximum atomic E-state index is 13.3. The van der Waals surface area contributed by atoms with Crippen LogP contribution in [-0.4, -0.2) is 23.0 Å². The van der Waals surface area contributed by atoms with Gasteiger partial charge < -0.3 is 16.0 Å². The van der Waals surface area contributed by atoms with Crippen molar-refractivity contribution in [3.63, 3.8) is 0 Å². The SMILES string of the molecule is CC(Sc1ccc(NC(=O)/C(=C/c2ccc(Cl)cc2Cl)NC(=O)c2ccccc2)cc1)C(=O)Nc1ccc2ccccc2c1. The summed E-state index contributed by atoms with van der Waals surface area (Å²) in [6, 6.07) is 34.4. The van der Waals surface area contributed by atoms with Crippen LogP contribution in [0.5, 0.6) is 0 Å². The van der Waals surface area contributed by atoms with E-state index >= 15 is 0 Å². The van der Waals surface area contributed by atoms with Crippen molar-refractivity contribution in [3.8, 4) is 0 Å². The molecule has 0 aliphatic rings. The Balaban J connectivity index is 1.25. The van der Waals surface area contributed by atoms with E-state index in [4.69, 9.17) is 23.2 Å². The highest BCUT2D eigenvalue weighted by molar-refractivity contribution is 8.00. The zero-order valence-electron chi connectivity index (χ0n) is 23.5. The molecule has 0 saturated heterocycles. The molecule has 0 bridgehead atoms. The standard InChI is InChI=1S/C35H27Cl2N3O3S/c1-22(33(41)39-29-14-12-23-7-5-6-10-25(23)19-29)44-30-17-15-28(16-18-30)38-35(43)32(20-26-11-13-27(36)21-31(26)37)40-34(42)24-8-3-2-4-9-24/h2-22H,1H3,(H,38,43)(H,39,41)(H,40,42)/b32-20-. The molecule has 3 N–H and O–H groups in total. The third-order valence-corrected chi connectivity index (χ3v) is 8.28. The number of carbonyl (C=O) groups excluding carboxylic acids is 3. The number of fused-ring (bicyclic) bond motifs is 1. The fraction of sp³-hybridized carbons (Fsp3) is 0.0571. The van der Waals surface area contributed by atoms with Gasteiger partial charge in [-0.15, -0.1) is 11.8 Å². The normalized spacial score (nSPS) is 11.9. The van der Waals surface area contributed by atoms with Crippen LogP contribution < -0.4 is 16.0 Å². The minimum Gasteiger partial charge on any atom is -0.325 e. The van der Waals surface area contributed by atoms with Gasteiger partial charge in [0.2, 0.25) is 5.91 Å². The maximum absolute atomic E-state index is 13.3. The number of benzene rings is 5. The minimum atomic E-state index is -0.538. The van der Waals surface area contributed by atoms with Crippen molar-refractivity contribution in [2.45, 2.75) is 17.1 Å². The fourth-order valence-electron chi connectivity index (χ4n) is 4.30. The molecule has 6 nitrogen and oxygen atoms in total. The van der Waals surface area contributed by atoms with E-state index in [1.165, 1.54) is 17.8 Å². The van der Waals surface area contributed by atoms with Crippen LogP contribution in [0.1, 0.15) is 22.8 Å². The Kier molecular flexibility index (Phi) is 10.0. The van der Waals surface area contributed by atoms with E-state index in [9.17, 15) is 14.4 Å². The Hall–Kier alpha value is -4.56. The topological polar surface area (TPSA) is 87.3 Å². The summed E-state index contributed by atoms with van der Waals surface area (Å²) in [7, 11) is 0. The van der Waals surface area contributed by atoms with Gasteiger partial charge >= 0.3 is 0 Å². The first-order valence-electron chi connectivity index (χ1n) is 13.7. The van der Waals surface area contributed by atoms with Gasteiger partial charge in [-0.2, -0.15) is 0 Å². The molecule has 1 unspecified atom stereocenters. The van der Waals surface area contributed by atoms with Gasteiger partial charge in [0.15, 0.2) is 0 Å². The van der Waals surface area contributed by atoms with E-state index in [0.717, 1.165) is 21.4 Å². The second-order valence-corrected chi connectivity index (χ2v) is 12.1. The molecule has 1 atom stereocenters. The van der Waals surface area contributed by atoms with E-state index in [0.29, 0.717) is 26.9 Å². The Labute approximate surface area is 269 Å². The van der Waals surface area contributed by atoms with Crippen LogP contribution in [0.3, 0.4) is 0 Å². The van der Waals surface area contributed by atoms with E-state index in [1.54, 1.807) is 60.7 Å². The number of hydrogen-bond acceptors (Lipinski definition) is 4. The van der Waals surface area contributed by atoms with Gasteiger partial charge in [-0.05, 0) is 90.0 Å². The first kappa shape index (κ1) is 30.9. The number of halogens is 2. The summed E-state index contributed by atoms with van der Waals surface area (Å²) in [6.45, 7) is 1.84. The van der Waals surface area contributed by atoms with Crippen LogP contribution in [0.15, 0.2) is 126 Å². The van der Waals surface area contributed by atoms with Crippen molar-refractivity contribution >= 4 is 80.9 Å². The van der Waals surface area contributed by atoms with Gasteiger partial charge in [-0.1, -0.05) is 77.8 Å². The third-order valence-electron chi connectivity index (χ3n) is 6.60. The van der Waals surface area contributed by atoms with Crippen LogP contribution in [0.2, 0.25) is 10.0 Å². The maximum Gasteiger partial charge on any atom is 0.272 e. The number of carbonyl (C=O) groups is 3. The lowest BCUT2D eigenvalue weighted by atomic mass is 10.1. The van der Waals surface area contributed by atoms with Gasteiger partial charge in [0.25, 0.3) is 11.8 Å². The molecule has 0 saturated carbocycles. The largest absolute Gasteiger partial charge is 0.325 e. The lowest BCUT2D eigenvalue weighted by molar-refractivity contribution is -0.115. The van der Waals surface area contributed by atoms with Crippen LogP contribution in [0.25, 0.3) is 16.8 Å². The smallest absolute Gasteiger partial charge is 0.272 e. The highest BCUT2D eigenvalue weighted by Crippen LogP contribution is 2.27. The molecule has 9 heteroatoms. The van der Waals surface area contributed by atoms with Crippen molar-refractivity contribution in [2.24, 2.45) is 0 Å². The average Bonchev–Trinajstić information content (AvgIpc) is 3.03. The number of anilines is 2. The molecule has 5 aromatic carbocycles. The zero-order valence-corrected chi connectivity index (χ0v) is 25.8. The number of thioether (sulfide) groups is 1. The van der Waals surface area contributed by atoms with E-state index in [-0.39, 0.29) is 16.9 Å². The molecule has 5 rings (SSSR count). The summed E-state index contributed by atoms with van der Waals surface area (Å²) in [4.78, 5) is 40.0. The van der Waals surface area contributed by atoms with Gasteiger partial charge in [0.05, 0.1) is 5.25 Å². The van der Waals surface area contributed by atoms with Gasteiger partial charge in [-0.25, -0.2) is 0 Å². The second-order valence-electron chi connectivity index (χ2n) is 9.83. The first-order chi connectivity index (χ1) is 21.2. The Morgan fingerprint density at radius 3 is 2.14 bits per heavy atom. The van der Waals surface area contributed by atoms with Crippen LogP contribution in [0.4, 0.5) is 11.4 Å². The minimum absolute atomic E-state index is 0.000473. The zero-order chi connectivity index (χ0) is 31.1. The Bertz CT molecular complexity index is 1860. The van der Waals surface area contributed by atoms with E-state index in [1.807, 2.05) is 61.5 Å². The lowest BCUT2D eigenvalue weighted by Crippen LogP contribution is -2.30. The summed E-state index contributed by atoms with van der Waals surface area (Å²) in [5.41, 5.74) is 2.16. The molecule has 0 heterocycles. The summed E-state index contributed by atoms with van der Waals surface area (Å²) < 4.78 is 0. The average molecular weight is 641 g/mol. The number of nitrogens with one attached hydrogen (secondary N) is 3. The molecule has 3 amide bonds. The molecular weight excluding hydrogens is 613 g/mol. The van der Waals surface area contributed by atoms with Crippen LogP contribution in [0, 0.1) is 0 Å². The van der Waals surface area contributed by atoms with E-state index in [2.05, 4.69) is 16.0 Å². The molecule has 5 aromatic rings. The van der Waals surface area contributed by atoms with Crippen molar-refractivity contribution in [2.75, 3.05) is 10.6 Å². The van der Waals surface area contributed by atoms with Gasteiger partial charge in [-0.3, -0.25) is 14.4 Å². The summed E-state index contributed by atoms with van der Waals surface area (Å²) >= 11 is 13.8. The quantitative estimate of drug-likeness (QED) is 0.111. The molecule has 0 radical (unpaired) electrons. The molecule has 220 valence electrons. The Morgan fingerprint density at radius 2 is 1.41 bits per heavy atom. The summed E-state index contributed by atoms with van der Waals surface area (Å²) in [5, 5.41) is 11.1. The molecule has 0 fully saturated rings. The molecule has 0 aromatic heterocycles. The molecule has 44 heavy (non-hydrogen) atoms. The number of amides is 3. The third kappa shape index (κ3) is 8.08. The predicted molar refractivity (Wildman–Crippen MR) is 181 cm³/mol. The molecule has 0 spiro atoms. The predicted octanol–water partition coefficient (Wildman–Crippen LogP) is 8.68. The fourth-order valence-corrected chi connectivity index (χ4v) is 5.63. The van der Waals surface area contributed by atoms with Crippen molar-refractivity contribution in [3.05, 3.63) is 142 Å². The molecule has 0 aliphatic heterocycles. The van der Waals surface area contributed by atoms with E-state index < -0.39 is 11.8 Å². The van der Waals surface area contributed by atoms with Crippen molar-refractivity contribution in [1.29, 1.82) is 0 Å². The second kappa shape index (κ2) is 14.3. The highest BCUT2D eigenvalue weighted by atomic mass is 35.5.